The number of aromatic nitrogens is 1. The topological polar surface area (TPSA) is 80.9 Å². The van der Waals surface area contributed by atoms with E-state index in [0.29, 0.717) is 30.8 Å². The summed E-state index contributed by atoms with van der Waals surface area (Å²) in [7, 11) is 3.23. The number of hydrogen-bond acceptors (Lipinski definition) is 5. The van der Waals surface area contributed by atoms with E-state index in [4.69, 9.17) is 14.2 Å². The Morgan fingerprint density at radius 1 is 1.11 bits per heavy atom. The number of carbonyl (C=O) groups is 2. The summed E-state index contributed by atoms with van der Waals surface area (Å²) >= 11 is 0. The summed E-state index contributed by atoms with van der Waals surface area (Å²) in [5, 5.41) is 1.11. The molecule has 0 saturated carbocycles. The van der Waals surface area contributed by atoms with E-state index >= 15 is 0 Å². The van der Waals surface area contributed by atoms with Gasteiger partial charge in [-0.1, -0.05) is 13.0 Å². The van der Waals surface area contributed by atoms with Crippen LogP contribution >= 0.6 is 0 Å². The smallest absolute Gasteiger partial charge is 0.410 e. The van der Waals surface area contributed by atoms with Crippen LogP contribution in [0.4, 0.5) is 4.79 Å². The van der Waals surface area contributed by atoms with Gasteiger partial charge in [0, 0.05) is 41.3 Å². The maximum Gasteiger partial charge on any atom is 0.410 e. The van der Waals surface area contributed by atoms with Crippen molar-refractivity contribution in [2.24, 2.45) is 0 Å². The highest BCUT2D eigenvalue weighted by Crippen LogP contribution is 2.39. The van der Waals surface area contributed by atoms with E-state index in [2.05, 4.69) is 24.1 Å². The van der Waals surface area contributed by atoms with Crippen molar-refractivity contribution in [3.8, 4) is 22.8 Å². The van der Waals surface area contributed by atoms with Crippen LogP contribution in [-0.4, -0.2) is 55.2 Å². The van der Waals surface area contributed by atoms with Crippen LogP contribution in [0.1, 0.15) is 55.6 Å². The van der Waals surface area contributed by atoms with Crippen LogP contribution in [0.3, 0.4) is 0 Å². The summed E-state index contributed by atoms with van der Waals surface area (Å²) in [5.41, 5.74) is 6.20. The predicted molar refractivity (Wildman–Crippen MR) is 142 cm³/mol. The van der Waals surface area contributed by atoms with Gasteiger partial charge >= 0.3 is 6.09 Å². The Hall–Kier alpha value is -3.74. The first-order chi connectivity index (χ1) is 17.2. The molecule has 0 fully saturated rings. The largest absolute Gasteiger partial charge is 0.496 e. The number of ether oxygens (including phenoxy) is 3. The number of nitrogens with zero attached hydrogens (tertiary/aromatic N) is 1. The summed E-state index contributed by atoms with van der Waals surface area (Å²) in [5.74, 6) is 1.33. The van der Waals surface area contributed by atoms with E-state index in [1.807, 2.05) is 45.0 Å². The first-order valence-electron chi connectivity index (χ1n) is 12.2. The highest BCUT2D eigenvalue weighted by molar-refractivity contribution is 5.95. The molecular formula is C29H34N2O5. The highest BCUT2D eigenvalue weighted by Gasteiger charge is 2.25. The fourth-order valence-corrected chi connectivity index (χ4v) is 4.70. The second-order valence-electron chi connectivity index (χ2n) is 9.91. The monoisotopic (exact) mass is 490 g/mol. The van der Waals surface area contributed by atoms with Gasteiger partial charge < -0.3 is 24.1 Å². The van der Waals surface area contributed by atoms with Crippen LogP contribution in [0.2, 0.25) is 0 Å². The molecule has 1 aliphatic rings. The van der Waals surface area contributed by atoms with Gasteiger partial charge in [0.25, 0.3) is 0 Å². The zero-order chi connectivity index (χ0) is 26.0. The number of benzene rings is 2. The zero-order valence-corrected chi connectivity index (χ0v) is 21.9. The van der Waals surface area contributed by atoms with E-state index in [1.54, 1.807) is 19.1 Å². The Bertz CT molecular complexity index is 1330. The van der Waals surface area contributed by atoms with Crippen molar-refractivity contribution >= 4 is 28.9 Å². The van der Waals surface area contributed by atoms with E-state index in [0.717, 1.165) is 51.8 Å². The number of H-pyrrole nitrogens is 1. The van der Waals surface area contributed by atoms with Crippen molar-refractivity contribution in [1.82, 2.24) is 9.88 Å². The summed E-state index contributed by atoms with van der Waals surface area (Å²) in [6.07, 6.45) is 4.12. The predicted octanol–water partition coefficient (Wildman–Crippen LogP) is 6.25. The minimum absolute atomic E-state index is 0.294. The molecule has 0 aliphatic carbocycles. The molecule has 36 heavy (non-hydrogen) atoms. The molecule has 2 aromatic carbocycles. The fourth-order valence-electron chi connectivity index (χ4n) is 4.70. The summed E-state index contributed by atoms with van der Waals surface area (Å²) in [6.45, 7) is 8.82. The standard InChI is InChI=1S/C29H34N2O5/c1-7-21-23-15-22(18-10-12-31(13-11-18)28(33)36-29(2,3)4)26(35-6)16-24(23)30-27(21)19-8-9-25(34-5)20(14-19)17-32/h8-10,14-17,30H,7,11-13H2,1-6H3. The second kappa shape index (κ2) is 10.1. The molecular weight excluding hydrogens is 456 g/mol. The maximum atomic E-state index is 12.5. The number of hydrogen-bond donors (Lipinski definition) is 1. The van der Waals surface area contributed by atoms with Gasteiger partial charge in [-0.3, -0.25) is 4.79 Å². The lowest BCUT2D eigenvalue weighted by Gasteiger charge is -2.30. The normalized spacial score (nSPS) is 13.9. The number of aryl methyl sites for hydroxylation is 1. The third-order valence-electron chi connectivity index (χ3n) is 6.43. The molecule has 1 aliphatic heterocycles. The van der Waals surface area contributed by atoms with Crippen LogP contribution in [-0.2, 0) is 11.2 Å². The molecule has 1 N–H and O–H groups in total. The first kappa shape index (κ1) is 25.4. The van der Waals surface area contributed by atoms with Gasteiger partial charge in [0.15, 0.2) is 6.29 Å². The number of aldehydes is 1. The molecule has 0 atom stereocenters. The van der Waals surface area contributed by atoms with Gasteiger partial charge in [0.05, 0.1) is 19.8 Å². The molecule has 0 radical (unpaired) electrons. The number of aromatic amines is 1. The minimum atomic E-state index is -0.520. The number of amides is 1. The van der Waals surface area contributed by atoms with Crippen molar-refractivity contribution in [3.05, 3.63) is 53.1 Å². The fraction of sp³-hybridized carbons (Fsp3) is 0.379. The number of rotatable bonds is 6. The molecule has 0 saturated heterocycles. The van der Waals surface area contributed by atoms with E-state index in [1.165, 1.54) is 5.56 Å². The van der Waals surface area contributed by atoms with Crippen molar-refractivity contribution < 1.29 is 23.8 Å². The molecule has 0 spiro atoms. The van der Waals surface area contributed by atoms with Crippen LogP contribution < -0.4 is 9.47 Å². The minimum Gasteiger partial charge on any atom is -0.496 e. The number of fused-ring (bicyclic) bond motifs is 1. The molecule has 2 heterocycles. The third kappa shape index (κ3) is 4.96. The summed E-state index contributed by atoms with van der Waals surface area (Å²) in [4.78, 5) is 29.3. The van der Waals surface area contributed by atoms with Crippen LogP contribution in [0.15, 0.2) is 36.4 Å². The van der Waals surface area contributed by atoms with Crippen LogP contribution in [0, 0.1) is 0 Å². The number of methoxy groups -OCH3 is 2. The SMILES string of the molecule is CCc1c(-c2ccc(OC)c(C=O)c2)[nH]c2cc(OC)c(C3=CCN(C(=O)OC(C)(C)C)CC3)cc12. The first-order valence-corrected chi connectivity index (χ1v) is 12.2. The summed E-state index contributed by atoms with van der Waals surface area (Å²) in [6, 6.07) is 9.83. The van der Waals surface area contributed by atoms with Crippen LogP contribution in [0.25, 0.3) is 27.7 Å². The Labute approximate surface area is 212 Å². The maximum absolute atomic E-state index is 12.5. The molecule has 3 aromatic rings. The number of carbonyl (C=O) groups excluding carboxylic acids is 2. The van der Waals surface area contributed by atoms with Crippen LogP contribution in [0.5, 0.6) is 11.5 Å². The van der Waals surface area contributed by atoms with E-state index < -0.39 is 5.60 Å². The molecule has 7 heteroatoms. The molecule has 1 aromatic heterocycles. The highest BCUT2D eigenvalue weighted by atomic mass is 16.6. The second-order valence-corrected chi connectivity index (χ2v) is 9.91. The van der Waals surface area contributed by atoms with Crippen molar-refractivity contribution in [2.75, 3.05) is 27.3 Å². The lowest BCUT2D eigenvalue weighted by Crippen LogP contribution is -2.39. The molecule has 4 rings (SSSR count). The molecule has 190 valence electrons. The van der Waals surface area contributed by atoms with Gasteiger partial charge in [-0.05, 0) is 74.6 Å². The Morgan fingerprint density at radius 3 is 2.44 bits per heavy atom. The van der Waals surface area contributed by atoms with E-state index in [9.17, 15) is 9.59 Å². The van der Waals surface area contributed by atoms with Crippen molar-refractivity contribution in [3.63, 3.8) is 0 Å². The quantitative estimate of drug-likeness (QED) is 0.413. The van der Waals surface area contributed by atoms with E-state index in [-0.39, 0.29) is 6.09 Å². The molecule has 1 amide bonds. The lowest BCUT2D eigenvalue weighted by atomic mass is 9.95. The number of nitrogens with one attached hydrogen (secondary N) is 1. The molecule has 7 nitrogen and oxygen atoms in total. The van der Waals surface area contributed by atoms with Gasteiger partial charge in [-0.15, -0.1) is 0 Å². The third-order valence-corrected chi connectivity index (χ3v) is 6.43. The Kier molecular flexibility index (Phi) is 7.11. The Balaban J connectivity index is 1.73. The molecule has 0 bridgehead atoms. The van der Waals surface area contributed by atoms with Crippen molar-refractivity contribution in [2.45, 2.75) is 46.1 Å². The van der Waals surface area contributed by atoms with Gasteiger partial charge in [-0.2, -0.15) is 0 Å². The Morgan fingerprint density at radius 2 is 1.86 bits per heavy atom. The van der Waals surface area contributed by atoms with Gasteiger partial charge in [0.2, 0.25) is 0 Å². The average molecular weight is 491 g/mol. The molecule has 0 unspecified atom stereocenters. The lowest BCUT2D eigenvalue weighted by molar-refractivity contribution is 0.0270. The van der Waals surface area contributed by atoms with Gasteiger partial charge in [0.1, 0.15) is 17.1 Å². The summed E-state index contributed by atoms with van der Waals surface area (Å²) < 4.78 is 16.6. The average Bonchev–Trinajstić information content (AvgIpc) is 3.23. The van der Waals surface area contributed by atoms with Gasteiger partial charge in [-0.25, -0.2) is 4.79 Å². The van der Waals surface area contributed by atoms with Crippen molar-refractivity contribution in [1.29, 1.82) is 0 Å². The zero-order valence-electron chi connectivity index (χ0n) is 21.9.